The van der Waals surface area contributed by atoms with E-state index in [9.17, 15) is 24.0 Å². The van der Waals surface area contributed by atoms with Crippen molar-refractivity contribution in [3.05, 3.63) is 129 Å². The van der Waals surface area contributed by atoms with Crippen molar-refractivity contribution in [1.29, 1.82) is 0 Å². The van der Waals surface area contributed by atoms with Gasteiger partial charge in [-0.05, 0) is 91.5 Å². The number of fused-ring (bicyclic) bond motifs is 3. The molecule has 0 heterocycles. The molecule has 3 amide bonds. The van der Waals surface area contributed by atoms with Gasteiger partial charge in [-0.25, -0.2) is 9.59 Å². The second-order valence-electron chi connectivity index (χ2n) is 16.9. The highest BCUT2D eigenvalue weighted by molar-refractivity contribution is 6.42. The normalized spacial score (nSPS) is 12.6. The highest BCUT2D eigenvalue weighted by atomic mass is 35.5. The first-order valence-electron chi connectivity index (χ1n) is 21.0. The first kappa shape index (κ1) is 46.9. The summed E-state index contributed by atoms with van der Waals surface area (Å²) in [5, 5.41) is 3.46. The van der Waals surface area contributed by atoms with E-state index in [-0.39, 0.29) is 68.9 Å². The predicted molar refractivity (Wildman–Crippen MR) is 240 cm³/mol. The molecule has 1 aliphatic rings. The van der Waals surface area contributed by atoms with Crippen molar-refractivity contribution in [2.75, 3.05) is 32.8 Å². The minimum Gasteiger partial charge on any atom is -0.448 e. The van der Waals surface area contributed by atoms with Crippen LogP contribution in [0.4, 0.5) is 9.59 Å². The van der Waals surface area contributed by atoms with Gasteiger partial charge in [-0.15, -0.1) is 0 Å². The van der Waals surface area contributed by atoms with Gasteiger partial charge in [-0.1, -0.05) is 122 Å². The maximum Gasteiger partial charge on any atom is 0.410 e. The maximum atomic E-state index is 14.7. The van der Waals surface area contributed by atoms with E-state index in [2.05, 4.69) is 5.32 Å². The third-order valence-electron chi connectivity index (χ3n) is 10.5. The van der Waals surface area contributed by atoms with Gasteiger partial charge in [0.05, 0.1) is 16.1 Å². The number of ether oxygens (including phenoxy) is 2. The number of nitrogens with one attached hydrogen (secondary N) is 1. The van der Waals surface area contributed by atoms with E-state index in [4.69, 9.17) is 32.7 Å². The Labute approximate surface area is 369 Å². The SMILES string of the molecule is CC(C)C[C@H](C(=O)CCc1ccc(Cl)c(Cl)c1)N(CCC(=O)CCc1ccccc1)C(=O)CN(CCNC(=O)OC(C)(C)C)C(=O)OCC1c2ccccc2-c2ccccc21. The number of aryl methyl sites for hydroxylation is 2. The molecule has 324 valence electrons. The number of ketones is 2. The van der Waals surface area contributed by atoms with Crippen molar-refractivity contribution in [3.8, 4) is 11.1 Å². The number of hydrogen-bond donors (Lipinski definition) is 1. The molecule has 0 saturated carbocycles. The van der Waals surface area contributed by atoms with Crippen LogP contribution in [-0.4, -0.2) is 83.9 Å². The first-order chi connectivity index (χ1) is 29.1. The maximum absolute atomic E-state index is 14.7. The molecule has 1 atom stereocenters. The molecule has 0 saturated heterocycles. The fraction of sp³-hybridized carbons (Fsp3) is 0.408. The summed E-state index contributed by atoms with van der Waals surface area (Å²) in [6, 6.07) is 30.0. The Bertz CT molecular complexity index is 2110. The third kappa shape index (κ3) is 13.9. The number of carbonyl (C=O) groups excluding carboxylic acids is 5. The highest BCUT2D eigenvalue weighted by Gasteiger charge is 2.34. The van der Waals surface area contributed by atoms with Gasteiger partial charge in [-0.3, -0.25) is 19.3 Å². The van der Waals surface area contributed by atoms with E-state index >= 15 is 0 Å². The summed E-state index contributed by atoms with van der Waals surface area (Å²) in [5.41, 5.74) is 5.30. The van der Waals surface area contributed by atoms with Crippen LogP contribution in [0.1, 0.15) is 88.5 Å². The topological polar surface area (TPSA) is 122 Å². The van der Waals surface area contributed by atoms with Crippen LogP contribution in [-0.2, 0) is 36.7 Å². The lowest BCUT2D eigenvalue weighted by Gasteiger charge is -2.34. The second-order valence-corrected chi connectivity index (χ2v) is 17.7. The number of nitrogens with zero attached hydrogens (tertiary/aromatic N) is 2. The Morgan fingerprint density at radius 3 is 1.98 bits per heavy atom. The standard InChI is InChI=1S/C49H57Cl2N3O7/c1-33(2)29-44(45(56)24-21-35-20-23-42(50)43(51)30-35)54(27-25-36(55)22-19-34-13-7-6-8-14-34)46(57)31-53(28-26-52-47(58)61-49(3,4)5)48(59)60-32-41-39-17-11-9-15-37(39)38-16-10-12-18-40(38)41/h6-18,20,23,30,33,41,44H,19,21-22,24-29,31-32H2,1-5H3,(H,52,58)/t44-/m1/s1. The molecule has 0 radical (unpaired) electrons. The zero-order chi connectivity index (χ0) is 44.1. The number of hydrogen-bond acceptors (Lipinski definition) is 7. The Morgan fingerprint density at radius 1 is 0.738 bits per heavy atom. The summed E-state index contributed by atoms with van der Waals surface area (Å²) in [5.74, 6) is -0.961. The minimum absolute atomic E-state index is 0.0132. The van der Waals surface area contributed by atoms with Crippen LogP contribution in [0.25, 0.3) is 11.1 Å². The van der Waals surface area contributed by atoms with E-state index in [1.54, 1.807) is 32.9 Å². The minimum atomic E-state index is -0.874. The number of amides is 3. The Morgan fingerprint density at radius 2 is 1.36 bits per heavy atom. The van der Waals surface area contributed by atoms with Gasteiger partial charge in [0.1, 0.15) is 24.5 Å². The van der Waals surface area contributed by atoms with Crippen LogP contribution in [0, 0.1) is 5.92 Å². The first-order valence-corrected chi connectivity index (χ1v) is 21.7. The highest BCUT2D eigenvalue weighted by Crippen LogP contribution is 2.44. The molecule has 0 aromatic heterocycles. The summed E-state index contributed by atoms with van der Waals surface area (Å²) >= 11 is 12.4. The summed E-state index contributed by atoms with van der Waals surface area (Å²) < 4.78 is 11.4. The molecule has 10 nitrogen and oxygen atoms in total. The Kier molecular flexibility index (Phi) is 17.0. The zero-order valence-electron chi connectivity index (χ0n) is 35.8. The van der Waals surface area contributed by atoms with Crippen molar-refractivity contribution in [1.82, 2.24) is 15.1 Å². The van der Waals surface area contributed by atoms with E-state index in [1.165, 1.54) is 9.80 Å². The monoisotopic (exact) mass is 869 g/mol. The third-order valence-corrected chi connectivity index (χ3v) is 11.3. The van der Waals surface area contributed by atoms with Crippen LogP contribution in [0.5, 0.6) is 0 Å². The van der Waals surface area contributed by atoms with E-state index < -0.39 is 36.3 Å². The van der Waals surface area contributed by atoms with Crippen molar-refractivity contribution < 1.29 is 33.4 Å². The molecule has 0 bridgehead atoms. The van der Waals surface area contributed by atoms with Gasteiger partial charge in [-0.2, -0.15) is 0 Å². The number of halogens is 2. The molecule has 0 fully saturated rings. The van der Waals surface area contributed by atoms with Crippen LogP contribution >= 0.6 is 23.2 Å². The lowest BCUT2D eigenvalue weighted by Crippen LogP contribution is -2.52. The van der Waals surface area contributed by atoms with E-state index in [0.717, 1.165) is 33.4 Å². The lowest BCUT2D eigenvalue weighted by molar-refractivity contribution is -0.141. The average Bonchev–Trinajstić information content (AvgIpc) is 3.54. The molecule has 61 heavy (non-hydrogen) atoms. The molecule has 5 rings (SSSR count). The molecule has 1 aliphatic carbocycles. The number of benzene rings is 4. The predicted octanol–water partition coefficient (Wildman–Crippen LogP) is 10.1. The van der Waals surface area contributed by atoms with Crippen LogP contribution in [0.3, 0.4) is 0 Å². The molecule has 1 N–H and O–H groups in total. The second kappa shape index (κ2) is 22.1. The summed E-state index contributed by atoms with van der Waals surface area (Å²) in [6.07, 6.45) is 0.230. The molecular weight excluding hydrogens is 813 g/mol. The largest absolute Gasteiger partial charge is 0.448 e. The number of carbonyl (C=O) groups is 5. The zero-order valence-corrected chi connectivity index (χ0v) is 37.3. The van der Waals surface area contributed by atoms with Gasteiger partial charge < -0.3 is 19.7 Å². The van der Waals surface area contributed by atoms with Gasteiger partial charge in [0, 0.05) is 44.8 Å². The smallest absolute Gasteiger partial charge is 0.410 e. The van der Waals surface area contributed by atoms with Crippen molar-refractivity contribution in [2.24, 2.45) is 5.92 Å². The molecule has 4 aromatic carbocycles. The van der Waals surface area contributed by atoms with E-state index in [0.29, 0.717) is 29.3 Å². The Balaban J connectivity index is 1.38. The quantitative estimate of drug-likeness (QED) is 0.0939. The fourth-order valence-corrected chi connectivity index (χ4v) is 7.86. The lowest BCUT2D eigenvalue weighted by atomic mass is 9.94. The van der Waals surface area contributed by atoms with Gasteiger partial charge in [0.25, 0.3) is 0 Å². The van der Waals surface area contributed by atoms with Crippen LogP contribution < -0.4 is 5.32 Å². The summed E-state index contributed by atoms with van der Waals surface area (Å²) in [7, 11) is 0. The van der Waals surface area contributed by atoms with Crippen molar-refractivity contribution in [2.45, 2.75) is 90.7 Å². The van der Waals surface area contributed by atoms with Gasteiger partial charge in [0.15, 0.2) is 5.78 Å². The van der Waals surface area contributed by atoms with Gasteiger partial charge >= 0.3 is 12.2 Å². The molecule has 0 spiro atoms. The molecule has 12 heteroatoms. The summed E-state index contributed by atoms with van der Waals surface area (Å²) in [6.45, 7) is 8.58. The average molecular weight is 871 g/mol. The molecular formula is C49H57Cl2N3O7. The van der Waals surface area contributed by atoms with E-state index in [1.807, 2.05) is 98.8 Å². The number of rotatable bonds is 20. The number of Topliss-reactive ketones (excluding diaryl/α,β-unsaturated/α-hetero) is 2. The molecule has 0 unspecified atom stereocenters. The Hall–Kier alpha value is -5.19. The molecule has 4 aromatic rings. The molecule has 0 aliphatic heterocycles. The van der Waals surface area contributed by atoms with Crippen molar-refractivity contribution >= 4 is 52.9 Å². The van der Waals surface area contributed by atoms with Gasteiger partial charge in [0.2, 0.25) is 5.91 Å². The van der Waals surface area contributed by atoms with Crippen molar-refractivity contribution in [3.63, 3.8) is 0 Å². The number of alkyl carbamates (subject to hydrolysis) is 1. The van der Waals surface area contributed by atoms with Crippen LogP contribution in [0.2, 0.25) is 10.0 Å². The summed E-state index contributed by atoms with van der Waals surface area (Å²) in [4.78, 5) is 71.7. The van der Waals surface area contributed by atoms with Crippen LogP contribution in [0.15, 0.2) is 97.1 Å². The fourth-order valence-electron chi connectivity index (χ4n) is 7.54.